The Morgan fingerprint density at radius 2 is 2.15 bits per heavy atom. The van der Waals surface area contributed by atoms with Gasteiger partial charge >= 0.3 is 0 Å². The summed E-state index contributed by atoms with van der Waals surface area (Å²) in [6, 6.07) is 5.71. The van der Waals surface area contributed by atoms with E-state index in [9.17, 15) is 0 Å². The van der Waals surface area contributed by atoms with E-state index in [0.717, 1.165) is 29.3 Å². The lowest BCUT2D eigenvalue weighted by atomic mass is 10.2. The number of aryl methyl sites for hydroxylation is 1. The molecule has 0 amide bonds. The van der Waals surface area contributed by atoms with E-state index < -0.39 is 0 Å². The first-order valence-corrected chi connectivity index (χ1v) is 6.66. The summed E-state index contributed by atoms with van der Waals surface area (Å²) in [4.78, 5) is 0. The van der Waals surface area contributed by atoms with Crippen molar-refractivity contribution < 1.29 is 9.47 Å². The Bertz CT molecular complexity index is 554. The van der Waals surface area contributed by atoms with Gasteiger partial charge in [-0.25, -0.2) is 0 Å². The van der Waals surface area contributed by atoms with E-state index in [2.05, 4.69) is 17.1 Å². The van der Waals surface area contributed by atoms with Gasteiger partial charge in [0.05, 0.1) is 6.61 Å². The highest BCUT2D eigenvalue weighted by Crippen LogP contribution is 2.25. The van der Waals surface area contributed by atoms with Gasteiger partial charge in [-0.15, -0.1) is 10.2 Å². The van der Waals surface area contributed by atoms with Crippen LogP contribution in [0.25, 0.3) is 0 Å². The van der Waals surface area contributed by atoms with Crippen LogP contribution in [-0.4, -0.2) is 21.4 Å². The third-order valence-corrected chi connectivity index (χ3v) is 2.89. The highest BCUT2D eigenvalue weighted by atomic mass is 16.5. The van der Waals surface area contributed by atoms with Crippen LogP contribution < -0.4 is 15.2 Å². The van der Waals surface area contributed by atoms with E-state index in [1.807, 2.05) is 29.8 Å². The van der Waals surface area contributed by atoms with Gasteiger partial charge in [0, 0.05) is 25.2 Å². The van der Waals surface area contributed by atoms with Crippen LogP contribution >= 0.6 is 0 Å². The van der Waals surface area contributed by atoms with Gasteiger partial charge in [0.25, 0.3) is 0 Å². The number of nitrogens with zero attached hydrogens (tertiary/aromatic N) is 3. The van der Waals surface area contributed by atoms with Crippen LogP contribution in [0.3, 0.4) is 0 Å². The summed E-state index contributed by atoms with van der Waals surface area (Å²) in [7, 11) is 1.88. The molecule has 1 heterocycles. The van der Waals surface area contributed by atoms with Crippen molar-refractivity contribution in [2.45, 2.75) is 26.5 Å². The van der Waals surface area contributed by atoms with E-state index in [0.29, 0.717) is 19.8 Å². The van der Waals surface area contributed by atoms with Crippen molar-refractivity contribution in [3.05, 3.63) is 35.9 Å². The van der Waals surface area contributed by atoms with Crippen molar-refractivity contribution in [1.82, 2.24) is 14.8 Å². The fourth-order valence-corrected chi connectivity index (χ4v) is 1.73. The first kappa shape index (κ1) is 14.3. The minimum atomic E-state index is 0.348. The molecule has 1 aromatic heterocycles. The predicted octanol–water partition coefficient (Wildman–Crippen LogP) is 1.64. The molecule has 2 N–H and O–H groups in total. The van der Waals surface area contributed by atoms with E-state index in [4.69, 9.17) is 15.2 Å². The van der Waals surface area contributed by atoms with E-state index in [1.54, 1.807) is 6.33 Å². The van der Waals surface area contributed by atoms with Gasteiger partial charge in [0.15, 0.2) is 5.82 Å². The van der Waals surface area contributed by atoms with E-state index >= 15 is 0 Å². The van der Waals surface area contributed by atoms with Crippen LogP contribution in [0.4, 0.5) is 0 Å². The van der Waals surface area contributed by atoms with Crippen LogP contribution in [0.1, 0.15) is 24.7 Å². The Labute approximate surface area is 118 Å². The summed E-state index contributed by atoms with van der Waals surface area (Å²) in [6.07, 6.45) is 2.61. The number of ether oxygens (including phenoxy) is 2. The maximum Gasteiger partial charge on any atom is 0.170 e. The fourth-order valence-electron chi connectivity index (χ4n) is 1.73. The molecular weight excluding hydrogens is 256 g/mol. The lowest BCUT2D eigenvalue weighted by molar-refractivity contribution is 0.281. The normalized spacial score (nSPS) is 10.6. The molecule has 2 aromatic rings. The van der Waals surface area contributed by atoms with Crippen LogP contribution in [0.15, 0.2) is 24.5 Å². The van der Waals surface area contributed by atoms with Gasteiger partial charge < -0.3 is 19.8 Å². The number of hydrogen-bond donors (Lipinski definition) is 1. The fraction of sp³-hybridized carbons (Fsp3) is 0.429. The summed E-state index contributed by atoms with van der Waals surface area (Å²) in [5.41, 5.74) is 6.67. The van der Waals surface area contributed by atoms with Gasteiger partial charge in [-0.3, -0.25) is 0 Å². The third-order valence-electron chi connectivity index (χ3n) is 2.89. The van der Waals surface area contributed by atoms with Crippen molar-refractivity contribution in [3.8, 4) is 11.5 Å². The molecule has 0 radical (unpaired) electrons. The molecule has 0 saturated heterocycles. The average molecular weight is 276 g/mol. The lowest BCUT2D eigenvalue weighted by Gasteiger charge is -2.12. The zero-order valence-electron chi connectivity index (χ0n) is 11.9. The Kier molecular flexibility index (Phi) is 4.95. The summed E-state index contributed by atoms with van der Waals surface area (Å²) in [6.45, 7) is 3.52. The maximum atomic E-state index is 5.79. The van der Waals surface area contributed by atoms with Crippen LogP contribution in [-0.2, 0) is 20.2 Å². The largest absolute Gasteiger partial charge is 0.493 e. The first-order valence-electron chi connectivity index (χ1n) is 6.66. The predicted molar refractivity (Wildman–Crippen MR) is 75.5 cm³/mol. The van der Waals surface area contributed by atoms with Gasteiger partial charge in [0.1, 0.15) is 24.4 Å². The molecule has 0 aliphatic rings. The Hall–Kier alpha value is -2.08. The number of nitrogens with two attached hydrogens (primary N) is 1. The summed E-state index contributed by atoms with van der Waals surface area (Å²) in [5, 5.41) is 7.80. The lowest BCUT2D eigenvalue weighted by Crippen LogP contribution is -2.07. The molecule has 108 valence electrons. The van der Waals surface area contributed by atoms with E-state index in [-0.39, 0.29) is 0 Å². The molecule has 0 aliphatic carbocycles. The minimum Gasteiger partial charge on any atom is -0.493 e. The van der Waals surface area contributed by atoms with Gasteiger partial charge in [-0.2, -0.15) is 0 Å². The molecule has 6 heteroatoms. The molecule has 0 fully saturated rings. The molecule has 0 unspecified atom stereocenters. The highest BCUT2D eigenvalue weighted by Gasteiger charge is 2.07. The quantitative estimate of drug-likeness (QED) is 0.832. The molecule has 1 aromatic carbocycles. The van der Waals surface area contributed by atoms with Crippen molar-refractivity contribution in [2.75, 3.05) is 6.61 Å². The second-order valence-electron chi connectivity index (χ2n) is 4.47. The SMILES string of the molecule is CCCOc1ccc(CN)c(OCc2nncn2C)c1. The molecule has 0 aliphatic heterocycles. The smallest absolute Gasteiger partial charge is 0.170 e. The third kappa shape index (κ3) is 3.48. The Morgan fingerprint density at radius 1 is 1.30 bits per heavy atom. The van der Waals surface area contributed by atoms with Gasteiger partial charge in [0.2, 0.25) is 0 Å². The zero-order chi connectivity index (χ0) is 14.4. The minimum absolute atomic E-state index is 0.348. The van der Waals surface area contributed by atoms with Crippen molar-refractivity contribution in [3.63, 3.8) is 0 Å². The number of aromatic nitrogens is 3. The van der Waals surface area contributed by atoms with Crippen molar-refractivity contribution >= 4 is 0 Å². The van der Waals surface area contributed by atoms with Crippen LogP contribution in [0.2, 0.25) is 0 Å². The number of benzene rings is 1. The standard InChI is InChI=1S/C14H20N4O2/c1-3-6-19-12-5-4-11(8-15)13(7-12)20-9-14-17-16-10-18(14)2/h4-5,7,10H,3,6,8-9,15H2,1-2H3. The zero-order valence-corrected chi connectivity index (χ0v) is 11.9. The van der Waals surface area contributed by atoms with Crippen LogP contribution in [0, 0.1) is 0 Å². The van der Waals surface area contributed by atoms with Gasteiger partial charge in [-0.05, 0) is 12.5 Å². The van der Waals surface area contributed by atoms with Crippen molar-refractivity contribution in [2.24, 2.45) is 12.8 Å². The molecular formula is C14H20N4O2. The summed E-state index contributed by atoms with van der Waals surface area (Å²) < 4.78 is 13.2. The highest BCUT2D eigenvalue weighted by molar-refractivity contribution is 5.40. The summed E-state index contributed by atoms with van der Waals surface area (Å²) >= 11 is 0. The molecule has 0 bridgehead atoms. The molecule has 0 saturated carbocycles. The van der Waals surface area contributed by atoms with Crippen LogP contribution in [0.5, 0.6) is 11.5 Å². The monoisotopic (exact) mass is 276 g/mol. The first-order chi connectivity index (χ1) is 9.74. The summed E-state index contributed by atoms with van der Waals surface area (Å²) in [5.74, 6) is 2.27. The average Bonchev–Trinajstić information content (AvgIpc) is 2.88. The van der Waals surface area contributed by atoms with Crippen molar-refractivity contribution in [1.29, 1.82) is 0 Å². The topological polar surface area (TPSA) is 75.2 Å². The maximum absolute atomic E-state index is 5.79. The Balaban J connectivity index is 2.09. The Morgan fingerprint density at radius 3 is 2.80 bits per heavy atom. The molecule has 0 spiro atoms. The van der Waals surface area contributed by atoms with E-state index in [1.165, 1.54) is 0 Å². The molecule has 0 atom stereocenters. The molecule has 20 heavy (non-hydrogen) atoms. The molecule has 2 rings (SSSR count). The second kappa shape index (κ2) is 6.91. The van der Waals surface area contributed by atoms with Gasteiger partial charge in [-0.1, -0.05) is 13.0 Å². The number of hydrogen-bond acceptors (Lipinski definition) is 5. The second-order valence-corrected chi connectivity index (χ2v) is 4.47. The molecule has 6 nitrogen and oxygen atoms in total. The number of rotatable bonds is 7.